The largest absolute Gasteiger partial charge is 0.507 e. The third-order valence-electron chi connectivity index (χ3n) is 6.30. The van der Waals surface area contributed by atoms with Crippen LogP contribution in [0.1, 0.15) is 11.4 Å². The zero-order valence-electron chi connectivity index (χ0n) is 18.5. The van der Waals surface area contributed by atoms with Crippen molar-refractivity contribution in [2.75, 3.05) is 0 Å². The number of phenols is 1. The molecule has 0 fully saturated rings. The maximum absolute atomic E-state index is 11.7. The fraction of sp³-hybridized carbons (Fsp3) is 0.0667. The van der Waals surface area contributed by atoms with Gasteiger partial charge in [-0.2, -0.15) is 0 Å². The quantitative estimate of drug-likeness (QED) is 0.306. The van der Waals surface area contributed by atoms with Gasteiger partial charge >= 0.3 is 0 Å². The topological polar surface area (TPSA) is 46.0 Å². The summed E-state index contributed by atoms with van der Waals surface area (Å²) in [5.41, 5.74) is 7.37. The molecule has 0 aliphatic carbocycles. The molecule has 164 valence electrons. The van der Waals surface area contributed by atoms with Gasteiger partial charge in [0, 0.05) is 44.2 Å². The molecule has 0 amide bonds. The predicted octanol–water partition coefficient (Wildman–Crippen LogP) is 6.41. The fourth-order valence-electron chi connectivity index (χ4n) is 4.72. The molecule has 0 aliphatic rings. The molecule has 4 heteroatoms. The molecule has 4 aromatic carbocycles. The molecule has 0 radical (unpaired) electrons. The Morgan fingerprint density at radius 3 is 1.79 bits per heavy atom. The maximum atomic E-state index is 11.7. The molecular formula is C30H25AlN2O. The first-order valence-corrected chi connectivity index (χ1v) is 11.1. The summed E-state index contributed by atoms with van der Waals surface area (Å²) in [6, 6.07) is 30.7. The molecule has 3 nitrogen and oxygen atoms in total. The van der Waals surface area contributed by atoms with Gasteiger partial charge in [0.1, 0.15) is 5.75 Å². The summed E-state index contributed by atoms with van der Waals surface area (Å²) in [6.07, 6.45) is 0. The number of aryl methyl sites for hydroxylation is 2. The molecule has 2 aromatic heterocycles. The molecule has 0 atom stereocenters. The number of benzene rings is 4. The van der Waals surface area contributed by atoms with Crippen LogP contribution in [0, 0.1) is 13.8 Å². The van der Waals surface area contributed by atoms with E-state index in [2.05, 4.69) is 42.5 Å². The van der Waals surface area contributed by atoms with Crippen molar-refractivity contribution >= 4 is 49.9 Å². The number of nitrogens with zero attached hydrogens (tertiary/aromatic N) is 2. The Kier molecular flexibility index (Phi) is 5.57. The first-order valence-electron chi connectivity index (χ1n) is 11.1. The highest BCUT2D eigenvalue weighted by atomic mass is 27.0. The van der Waals surface area contributed by atoms with E-state index in [0.717, 1.165) is 66.2 Å². The zero-order valence-corrected chi connectivity index (χ0v) is 18.5. The lowest BCUT2D eigenvalue weighted by molar-refractivity contribution is 0.484. The number of aromatic hydroxyl groups is 1. The van der Waals surface area contributed by atoms with Gasteiger partial charge in [0.05, 0.1) is 11.0 Å². The van der Waals surface area contributed by atoms with Crippen LogP contribution in [-0.4, -0.2) is 32.4 Å². The van der Waals surface area contributed by atoms with Gasteiger partial charge in [-0.1, -0.05) is 72.8 Å². The highest BCUT2D eigenvalue weighted by molar-refractivity contribution is 6.10. The van der Waals surface area contributed by atoms with E-state index in [1.807, 2.05) is 62.4 Å². The van der Waals surface area contributed by atoms with Crippen molar-refractivity contribution < 1.29 is 5.11 Å². The first kappa shape index (κ1) is 22.1. The highest BCUT2D eigenvalue weighted by Gasteiger charge is 2.20. The lowest BCUT2D eigenvalue weighted by atomic mass is 9.88. The van der Waals surface area contributed by atoms with E-state index in [1.165, 1.54) is 0 Å². The van der Waals surface area contributed by atoms with Crippen LogP contribution in [-0.2, 0) is 0 Å². The van der Waals surface area contributed by atoms with Gasteiger partial charge < -0.3 is 5.11 Å². The molecule has 1 N–H and O–H groups in total. The summed E-state index contributed by atoms with van der Waals surface area (Å²) in [4.78, 5) is 9.73. The SMILES string of the molecule is Cc1ccc2cccc(-c3cc4ccccc4c(O)c3-c3cccc4ccc(C)nc34)c2n1.[AlH3]. The molecular weight excluding hydrogens is 431 g/mol. The Hall–Kier alpha value is -3.71. The number of phenolic OH excluding ortho intramolecular Hbond substituents is 1. The lowest BCUT2D eigenvalue weighted by Crippen LogP contribution is -1.94. The van der Waals surface area contributed by atoms with Crippen LogP contribution in [0.3, 0.4) is 0 Å². The van der Waals surface area contributed by atoms with Crippen molar-refractivity contribution in [3.63, 3.8) is 0 Å². The van der Waals surface area contributed by atoms with E-state index in [1.54, 1.807) is 0 Å². The number of rotatable bonds is 2. The smallest absolute Gasteiger partial charge is 0.187 e. The monoisotopic (exact) mass is 456 g/mol. The second-order valence-electron chi connectivity index (χ2n) is 8.53. The lowest BCUT2D eigenvalue weighted by Gasteiger charge is -2.18. The number of hydrogen-bond acceptors (Lipinski definition) is 3. The van der Waals surface area contributed by atoms with E-state index < -0.39 is 0 Å². The van der Waals surface area contributed by atoms with Gasteiger partial charge in [0.2, 0.25) is 0 Å². The van der Waals surface area contributed by atoms with Gasteiger partial charge in [-0.15, -0.1) is 0 Å². The van der Waals surface area contributed by atoms with E-state index in [9.17, 15) is 5.11 Å². The van der Waals surface area contributed by atoms with Crippen LogP contribution in [0.25, 0.3) is 54.8 Å². The average Bonchev–Trinajstić information content (AvgIpc) is 2.83. The molecule has 6 rings (SSSR count). The number of para-hydroxylation sites is 2. The van der Waals surface area contributed by atoms with Crippen molar-refractivity contribution in [1.82, 2.24) is 9.97 Å². The molecule has 0 bridgehead atoms. The highest BCUT2D eigenvalue weighted by Crippen LogP contribution is 2.46. The van der Waals surface area contributed by atoms with Gasteiger partial charge in [0.25, 0.3) is 0 Å². The number of aromatic nitrogens is 2. The Morgan fingerprint density at radius 1 is 0.559 bits per heavy atom. The summed E-state index contributed by atoms with van der Waals surface area (Å²) in [5.74, 6) is 0.267. The minimum atomic E-state index is 0. The Balaban J connectivity index is 0.00000241. The van der Waals surface area contributed by atoms with Gasteiger partial charge in [-0.05, 0) is 43.0 Å². The molecule has 0 saturated heterocycles. The Bertz CT molecular complexity index is 1710. The Labute approximate surface area is 208 Å². The number of fused-ring (bicyclic) bond motifs is 3. The third kappa shape index (κ3) is 3.53. The summed E-state index contributed by atoms with van der Waals surface area (Å²) < 4.78 is 0. The number of pyridine rings is 2. The normalized spacial score (nSPS) is 11.1. The van der Waals surface area contributed by atoms with Crippen molar-refractivity contribution in [2.45, 2.75) is 13.8 Å². The van der Waals surface area contributed by atoms with E-state index in [4.69, 9.17) is 9.97 Å². The summed E-state index contributed by atoms with van der Waals surface area (Å²) >= 11 is 0. The molecule has 2 heterocycles. The van der Waals surface area contributed by atoms with E-state index in [-0.39, 0.29) is 23.1 Å². The van der Waals surface area contributed by atoms with Crippen LogP contribution < -0.4 is 0 Å². The third-order valence-corrected chi connectivity index (χ3v) is 6.30. The molecule has 0 aliphatic heterocycles. The molecule has 0 saturated carbocycles. The second-order valence-corrected chi connectivity index (χ2v) is 8.53. The van der Waals surface area contributed by atoms with Crippen molar-refractivity contribution in [1.29, 1.82) is 0 Å². The van der Waals surface area contributed by atoms with Crippen molar-refractivity contribution in [3.05, 3.63) is 102 Å². The van der Waals surface area contributed by atoms with E-state index in [0.29, 0.717) is 0 Å². The summed E-state index contributed by atoms with van der Waals surface area (Å²) in [5, 5.41) is 15.6. The number of hydrogen-bond donors (Lipinski definition) is 1. The van der Waals surface area contributed by atoms with E-state index >= 15 is 0 Å². The zero-order chi connectivity index (χ0) is 22.5. The van der Waals surface area contributed by atoms with Crippen LogP contribution in [0.5, 0.6) is 5.75 Å². The molecule has 6 aromatic rings. The summed E-state index contributed by atoms with van der Waals surface area (Å²) in [7, 11) is 0. The summed E-state index contributed by atoms with van der Waals surface area (Å²) in [6.45, 7) is 4.00. The van der Waals surface area contributed by atoms with Crippen LogP contribution in [0.2, 0.25) is 0 Å². The molecule has 34 heavy (non-hydrogen) atoms. The predicted molar refractivity (Wildman–Crippen MR) is 146 cm³/mol. The second kappa shape index (κ2) is 8.57. The van der Waals surface area contributed by atoms with Crippen LogP contribution in [0.4, 0.5) is 0 Å². The average molecular weight is 457 g/mol. The maximum Gasteiger partial charge on any atom is 0.187 e. The molecule has 0 spiro atoms. The van der Waals surface area contributed by atoms with Crippen LogP contribution >= 0.6 is 0 Å². The first-order chi connectivity index (χ1) is 16.1. The van der Waals surface area contributed by atoms with Crippen LogP contribution in [0.15, 0.2) is 91.0 Å². The minimum Gasteiger partial charge on any atom is -0.507 e. The minimum absolute atomic E-state index is 0. The van der Waals surface area contributed by atoms with Gasteiger partial charge in [0.15, 0.2) is 17.4 Å². The van der Waals surface area contributed by atoms with Crippen molar-refractivity contribution in [2.24, 2.45) is 0 Å². The van der Waals surface area contributed by atoms with Crippen molar-refractivity contribution in [3.8, 4) is 28.0 Å². The standard InChI is InChI=1S/C30H22N2O.Al.3H/c1-18-13-15-20-8-5-11-24(28(20)31-18)26-17-22-7-3-4-10-23(22)30(33)27(26)25-12-6-9-21-16-14-19(2)32-29(21)25;;;;/h3-17,33H,1-2H3;;;;. The van der Waals surface area contributed by atoms with Gasteiger partial charge in [-0.25, -0.2) is 0 Å². The fourth-order valence-corrected chi connectivity index (χ4v) is 4.72. The van der Waals surface area contributed by atoms with Gasteiger partial charge in [-0.3, -0.25) is 9.97 Å². The molecule has 0 unspecified atom stereocenters. The Morgan fingerprint density at radius 2 is 1.12 bits per heavy atom.